The standard InChI is InChI=1S/C20H23N3O3/c1-2-26-20(25)14-7-9-16(10-8-14)22-17-11-12-18(21-13-17)19(24)23-15-5-3-4-6-15/h7-13,15,22H,2-6H2,1H3,(H,23,24). The quantitative estimate of drug-likeness (QED) is 0.775. The molecule has 1 aliphatic rings. The zero-order valence-electron chi connectivity index (χ0n) is 14.8. The summed E-state index contributed by atoms with van der Waals surface area (Å²) in [5.74, 6) is -0.458. The molecule has 26 heavy (non-hydrogen) atoms. The number of hydrogen-bond acceptors (Lipinski definition) is 5. The second-order valence-electron chi connectivity index (χ2n) is 6.31. The zero-order chi connectivity index (χ0) is 18.4. The first kappa shape index (κ1) is 17.9. The van der Waals surface area contributed by atoms with Gasteiger partial charge in [0.25, 0.3) is 5.91 Å². The molecular formula is C20H23N3O3. The van der Waals surface area contributed by atoms with Crippen molar-refractivity contribution in [3.05, 3.63) is 53.9 Å². The van der Waals surface area contributed by atoms with Crippen LogP contribution in [-0.4, -0.2) is 29.5 Å². The zero-order valence-corrected chi connectivity index (χ0v) is 14.8. The lowest BCUT2D eigenvalue weighted by atomic mass is 10.2. The number of hydrogen-bond donors (Lipinski definition) is 2. The molecule has 3 rings (SSSR count). The lowest BCUT2D eigenvalue weighted by molar-refractivity contribution is 0.0526. The first-order valence-corrected chi connectivity index (χ1v) is 8.97. The maximum atomic E-state index is 12.2. The average Bonchev–Trinajstić information content (AvgIpc) is 3.16. The molecule has 0 spiro atoms. The van der Waals surface area contributed by atoms with Gasteiger partial charge in [0.05, 0.1) is 24.1 Å². The summed E-state index contributed by atoms with van der Waals surface area (Å²) in [4.78, 5) is 28.1. The first-order chi connectivity index (χ1) is 12.7. The minimum absolute atomic E-state index is 0.123. The van der Waals surface area contributed by atoms with Gasteiger partial charge in [0, 0.05) is 11.7 Å². The van der Waals surface area contributed by atoms with Crippen LogP contribution in [0, 0.1) is 0 Å². The topological polar surface area (TPSA) is 80.3 Å². The molecule has 1 aliphatic carbocycles. The molecule has 1 amide bonds. The van der Waals surface area contributed by atoms with E-state index in [0.717, 1.165) is 24.2 Å². The van der Waals surface area contributed by atoms with E-state index in [1.807, 2.05) is 6.07 Å². The van der Waals surface area contributed by atoms with Gasteiger partial charge in [-0.2, -0.15) is 0 Å². The number of benzene rings is 1. The van der Waals surface area contributed by atoms with Crippen molar-refractivity contribution in [1.82, 2.24) is 10.3 Å². The fraction of sp³-hybridized carbons (Fsp3) is 0.350. The summed E-state index contributed by atoms with van der Waals surface area (Å²) < 4.78 is 4.96. The number of nitrogens with zero attached hydrogens (tertiary/aromatic N) is 1. The molecular weight excluding hydrogens is 330 g/mol. The van der Waals surface area contributed by atoms with Crippen molar-refractivity contribution in [1.29, 1.82) is 0 Å². The minimum Gasteiger partial charge on any atom is -0.462 e. The number of carbonyl (C=O) groups is 2. The number of esters is 1. The van der Waals surface area contributed by atoms with Crippen LogP contribution in [-0.2, 0) is 4.74 Å². The lowest BCUT2D eigenvalue weighted by Gasteiger charge is -2.12. The Balaban J connectivity index is 1.58. The molecule has 0 aliphatic heterocycles. The van der Waals surface area contributed by atoms with Gasteiger partial charge in [-0.15, -0.1) is 0 Å². The molecule has 2 aromatic rings. The number of aromatic nitrogens is 1. The summed E-state index contributed by atoms with van der Waals surface area (Å²) in [7, 11) is 0. The Morgan fingerprint density at radius 1 is 1.08 bits per heavy atom. The van der Waals surface area contributed by atoms with E-state index in [1.165, 1.54) is 12.8 Å². The third-order valence-electron chi connectivity index (χ3n) is 4.37. The minimum atomic E-state index is -0.335. The predicted octanol–water partition coefficient (Wildman–Crippen LogP) is 3.67. The van der Waals surface area contributed by atoms with Crippen molar-refractivity contribution >= 4 is 23.3 Å². The molecule has 0 radical (unpaired) electrons. The molecule has 2 N–H and O–H groups in total. The highest BCUT2D eigenvalue weighted by Crippen LogP contribution is 2.19. The van der Waals surface area contributed by atoms with E-state index in [4.69, 9.17) is 4.74 Å². The normalized spacial score (nSPS) is 14.0. The van der Waals surface area contributed by atoms with Gasteiger partial charge in [-0.1, -0.05) is 12.8 Å². The van der Waals surface area contributed by atoms with Crippen LogP contribution in [0.4, 0.5) is 11.4 Å². The molecule has 1 fully saturated rings. The van der Waals surface area contributed by atoms with Gasteiger partial charge in [0.2, 0.25) is 0 Å². The number of anilines is 2. The van der Waals surface area contributed by atoms with E-state index in [1.54, 1.807) is 43.5 Å². The molecule has 1 aromatic heterocycles. The van der Waals surface area contributed by atoms with Crippen LogP contribution in [0.2, 0.25) is 0 Å². The van der Waals surface area contributed by atoms with E-state index in [-0.39, 0.29) is 17.9 Å². The Morgan fingerprint density at radius 2 is 1.77 bits per heavy atom. The number of nitrogens with one attached hydrogen (secondary N) is 2. The maximum Gasteiger partial charge on any atom is 0.338 e. The Morgan fingerprint density at radius 3 is 2.38 bits per heavy atom. The average molecular weight is 353 g/mol. The maximum absolute atomic E-state index is 12.2. The van der Waals surface area contributed by atoms with Crippen LogP contribution in [0.15, 0.2) is 42.6 Å². The molecule has 0 atom stereocenters. The van der Waals surface area contributed by atoms with E-state index in [2.05, 4.69) is 15.6 Å². The highest BCUT2D eigenvalue weighted by molar-refractivity contribution is 5.92. The van der Waals surface area contributed by atoms with Gasteiger partial charge in [0.1, 0.15) is 5.69 Å². The molecule has 0 saturated heterocycles. The Hall–Kier alpha value is -2.89. The van der Waals surface area contributed by atoms with Gasteiger partial charge < -0.3 is 15.4 Å². The molecule has 6 nitrogen and oxygen atoms in total. The van der Waals surface area contributed by atoms with E-state index < -0.39 is 0 Å². The summed E-state index contributed by atoms with van der Waals surface area (Å²) in [5.41, 5.74) is 2.52. The largest absolute Gasteiger partial charge is 0.462 e. The smallest absolute Gasteiger partial charge is 0.338 e. The lowest BCUT2D eigenvalue weighted by Crippen LogP contribution is -2.33. The monoisotopic (exact) mass is 353 g/mol. The highest BCUT2D eigenvalue weighted by atomic mass is 16.5. The van der Waals surface area contributed by atoms with Crippen LogP contribution in [0.5, 0.6) is 0 Å². The predicted molar refractivity (Wildman–Crippen MR) is 99.6 cm³/mol. The second kappa shape index (κ2) is 8.47. The van der Waals surface area contributed by atoms with Crippen molar-refractivity contribution in [3.63, 3.8) is 0 Å². The van der Waals surface area contributed by atoms with Crippen molar-refractivity contribution in [2.45, 2.75) is 38.6 Å². The molecule has 1 aromatic carbocycles. The van der Waals surface area contributed by atoms with Gasteiger partial charge in [-0.05, 0) is 56.2 Å². The molecule has 6 heteroatoms. The van der Waals surface area contributed by atoms with Crippen molar-refractivity contribution in [3.8, 4) is 0 Å². The molecule has 0 bridgehead atoms. The molecule has 0 unspecified atom stereocenters. The highest BCUT2D eigenvalue weighted by Gasteiger charge is 2.18. The molecule has 1 saturated carbocycles. The van der Waals surface area contributed by atoms with E-state index in [9.17, 15) is 9.59 Å². The summed E-state index contributed by atoms with van der Waals surface area (Å²) in [5, 5.41) is 6.22. The van der Waals surface area contributed by atoms with E-state index >= 15 is 0 Å². The van der Waals surface area contributed by atoms with Crippen molar-refractivity contribution in [2.24, 2.45) is 0 Å². The van der Waals surface area contributed by atoms with E-state index in [0.29, 0.717) is 17.9 Å². The van der Waals surface area contributed by atoms with Crippen LogP contribution in [0.25, 0.3) is 0 Å². The Labute approximate surface area is 153 Å². The fourth-order valence-electron chi connectivity index (χ4n) is 3.00. The van der Waals surface area contributed by atoms with Crippen molar-refractivity contribution in [2.75, 3.05) is 11.9 Å². The summed E-state index contributed by atoms with van der Waals surface area (Å²) in [6.07, 6.45) is 6.08. The van der Waals surface area contributed by atoms with Crippen LogP contribution in [0.3, 0.4) is 0 Å². The number of amides is 1. The summed E-state index contributed by atoms with van der Waals surface area (Å²) >= 11 is 0. The third-order valence-corrected chi connectivity index (χ3v) is 4.37. The van der Waals surface area contributed by atoms with Gasteiger partial charge in [-0.25, -0.2) is 9.78 Å². The van der Waals surface area contributed by atoms with Crippen LogP contribution < -0.4 is 10.6 Å². The van der Waals surface area contributed by atoms with Crippen LogP contribution >= 0.6 is 0 Å². The van der Waals surface area contributed by atoms with Gasteiger partial charge >= 0.3 is 5.97 Å². The Bertz CT molecular complexity index is 751. The Kier molecular flexibility index (Phi) is 5.84. The third kappa shape index (κ3) is 4.59. The number of carbonyl (C=O) groups excluding carboxylic acids is 2. The SMILES string of the molecule is CCOC(=O)c1ccc(Nc2ccc(C(=O)NC3CCCC3)nc2)cc1. The fourth-order valence-corrected chi connectivity index (χ4v) is 3.00. The number of pyridine rings is 1. The summed E-state index contributed by atoms with van der Waals surface area (Å²) in [6, 6.07) is 10.8. The number of ether oxygens (including phenoxy) is 1. The molecule has 136 valence electrons. The van der Waals surface area contributed by atoms with Crippen LogP contribution in [0.1, 0.15) is 53.5 Å². The molecule has 1 heterocycles. The van der Waals surface area contributed by atoms with Gasteiger partial charge in [-0.3, -0.25) is 4.79 Å². The van der Waals surface area contributed by atoms with Gasteiger partial charge in [0.15, 0.2) is 0 Å². The van der Waals surface area contributed by atoms with Crippen molar-refractivity contribution < 1.29 is 14.3 Å². The second-order valence-corrected chi connectivity index (χ2v) is 6.31. The number of rotatable bonds is 6. The first-order valence-electron chi connectivity index (χ1n) is 8.97. The summed E-state index contributed by atoms with van der Waals surface area (Å²) in [6.45, 7) is 2.13.